The smallest absolute Gasteiger partial charge is 0.314 e. The van der Waals surface area contributed by atoms with E-state index in [0.29, 0.717) is 5.92 Å². The van der Waals surface area contributed by atoms with Crippen molar-refractivity contribution in [1.29, 1.82) is 0 Å². The van der Waals surface area contributed by atoms with Gasteiger partial charge in [0.05, 0.1) is 5.41 Å². The Balaban J connectivity index is 2.40. The summed E-state index contributed by atoms with van der Waals surface area (Å²) in [5, 5.41) is 9.35. The number of carboxylic acids is 1. The van der Waals surface area contributed by atoms with Crippen LogP contribution in [0.4, 0.5) is 0 Å². The first-order chi connectivity index (χ1) is 7.05. The third kappa shape index (κ3) is 1.81. The van der Waals surface area contributed by atoms with Gasteiger partial charge in [-0.2, -0.15) is 0 Å². The lowest BCUT2D eigenvalue weighted by molar-refractivity contribution is -0.144. The molecule has 0 saturated heterocycles. The topological polar surface area (TPSA) is 37.3 Å². The van der Waals surface area contributed by atoms with E-state index < -0.39 is 11.4 Å². The Morgan fingerprint density at radius 3 is 2.33 bits per heavy atom. The molecule has 3 heteroatoms. The molecular weight excluding hydrogens is 256 g/mol. The molecule has 1 saturated carbocycles. The number of carboxylic acid groups (broad SMARTS) is 1. The summed E-state index contributed by atoms with van der Waals surface area (Å²) in [5.74, 6) is -0.413. The van der Waals surface area contributed by atoms with Crippen LogP contribution >= 0.6 is 15.9 Å². The fraction of sp³-hybridized carbons (Fsp3) is 0.417. The van der Waals surface area contributed by atoms with Crippen molar-refractivity contribution in [3.63, 3.8) is 0 Å². The van der Waals surface area contributed by atoms with Gasteiger partial charge in [-0.15, -0.1) is 0 Å². The van der Waals surface area contributed by atoms with Crippen LogP contribution < -0.4 is 0 Å². The SMILES string of the molecule is C[C@](C(=O)O)(c1ccc(Br)cc1)C1CC1. The standard InChI is InChI=1S/C12H13BrO2/c1-12(11(14)15,8-2-3-8)9-4-6-10(13)7-5-9/h4-8H,2-3H2,1H3,(H,14,15)/t12-/m1/s1. The van der Waals surface area contributed by atoms with Crippen LogP contribution in [0.1, 0.15) is 25.3 Å². The first-order valence-electron chi connectivity index (χ1n) is 5.04. The molecule has 0 bridgehead atoms. The van der Waals surface area contributed by atoms with Crippen LogP contribution in [0.15, 0.2) is 28.7 Å². The number of carbonyl (C=O) groups is 1. The first kappa shape index (κ1) is 10.7. The minimum absolute atomic E-state index is 0.302. The lowest BCUT2D eigenvalue weighted by Gasteiger charge is -2.25. The molecule has 0 heterocycles. The van der Waals surface area contributed by atoms with Gasteiger partial charge >= 0.3 is 5.97 Å². The fourth-order valence-corrected chi connectivity index (χ4v) is 2.25. The maximum absolute atomic E-state index is 11.4. The van der Waals surface area contributed by atoms with Gasteiger partial charge in [-0.25, -0.2) is 0 Å². The summed E-state index contributed by atoms with van der Waals surface area (Å²) in [6, 6.07) is 7.60. The highest BCUT2D eigenvalue weighted by Gasteiger charge is 2.48. The average molecular weight is 269 g/mol. The van der Waals surface area contributed by atoms with Crippen molar-refractivity contribution in [3.8, 4) is 0 Å². The van der Waals surface area contributed by atoms with Gasteiger partial charge in [0.15, 0.2) is 0 Å². The second-order valence-electron chi connectivity index (χ2n) is 4.29. The number of hydrogen-bond donors (Lipinski definition) is 1. The number of benzene rings is 1. The van der Waals surface area contributed by atoms with Gasteiger partial charge in [0.2, 0.25) is 0 Å². The summed E-state index contributed by atoms with van der Waals surface area (Å²) < 4.78 is 0.981. The highest BCUT2D eigenvalue weighted by atomic mass is 79.9. The van der Waals surface area contributed by atoms with E-state index >= 15 is 0 Å². The Morgan fingerprint density at radius 2 is 1.93 bits per heavy atom. The zero-order valence-electron chi connectivity index (χ0n) is 8.53. The van der Waals surface area contributed by atoms with Gasteiger partial charge in [-0.3, -0.25) is 4.79 Å². The Morgan fingerprint density at radius 1 is 1.40 bits per heavy atom. The van der Waals surface area contributed by atoms with E-state index in [2.05, 4.69) is 15.9 Å². The molecule has 1 aromatic rings. The van der Waals surface area contributed by atoms with Crippen molar-refractivity contribution < 1.29 is 9.90 Å². The Labute approximate surface area is 97.4 Å². The molecule has 1 aliphatic carbocycles. The van der Waals surface area contributed by atoms with Crippen LogP contribution in [0.5, 0.6) is 0 Å². The third-order valence-corrected chi connectivity index (χ3v) is 3.81. The molecule has 80 valence electrons. The Kier molecular flexibility index (Phi) is 2.59. The van der Waals surface area contributed by atoms with E-state index in [1.165, 1.54) is 0 Å². The van der Waals surface area contributed by atoms with Crippen molar-refractivity contribution in [2.24, 2.45) is 5.92 Å². The van der Waals surface area contributed by atoms with Crippen LogP contribution in [-0.2, 0) is 10.2 Å². The lowest BCUT2D eigenvalue weighted by Crippen LogP contribution is -2.34. The quantitative estimate of drug-likeness (QED) is 0.914. The minimum atomic E-state index is -0.715. The van der Waals surface area contributed by atoms with Crippen molar-refractivity contribution >= 4 is 21.9 Å². The number of hydrogen-bond acceptors (Lipinski definition) is 1. The Hall–Kier alpha value is -0.830. The van der Waals surface area contributed by atoms with Crippen molar-refractivity contribution in [2.75, 3.05) is 0 Å². The largest absolute Gasteiger partial charge is 0.481 e. The second-order valence-corrected chi connectivity index (χ2v) is 5.20. The molecule has 1 aliphatic rings. The summed E-state index contributed by atoms with van der Waals surface area (Å²) in [6.07, 6.45) is 2.05. The molecule has 1 atom stereocenters. The van der Waals surface area contributed by atoms with Gasteiger partial charge in [-0.05, 0) is 43.4 Å². The summed E-state index contributed by atoms with van der Waals surface area (Å²) in [5.41, 5.74) is 0.196. The molecule has 0 aromatic heterocycles. The molecule has 1 fully saturated rings. The molecule has 2 nitrogen and oxygen atoms in total. The van der Waals surface area contributed by atoms with Crippen LogP contribution in [0, 0.1) is 5.92 Å². The molecule has 15 heavy (non-hydrogen) atoms. The van der Waals surface area contributed by atoms with Gasteiger partial charge in [-0.1, -0.05) is 28.1 Å². The van der Waals surface area contributed by atoms with Crippen LogP contribution in [-0.4, -0.2) is 11.1 Å². The summed E-state index contributed by atoms with van der Waals surface area (Å²) in [6.45, 7) is 1.83. The van der Waals surface area contributed by atoms with Gasteiger partial charge in [0.25, 0.3) is 0 Å². The molecule has 1 aromatic carbocycles. The van der Waals surface area contributed by atoms with Crippen molar-refractivity contribution in [2.45, 2.75) is 25.2 Å². The molecule has 0 aliphatic heterocycles. The zero-order valence-corrected chi connectivity index (χ0v) is 10.1. The fourth-order valence-electron chi connectivity index (χ4n) is 1.99. The van der Waals surface area contributed by atoms with E-state index in [9.17, 15) is 9.90 Å². The van der Waals surface area contributed by atoms with Gasteiger partial charge < -0.3 is 5.11 Å². The maximum Gasteiger partial charge on any atom is 0.314 e. The summed E-state index contributed by atoms with van der Waals surface area (Å²) in [4.78, 5) is 11.4. The molecule has 1 N–H and O–H groups in total. The van der Waals surface area contributed by atoms with E-state index in [1.54, 1.807) is 0 Å². The zero-order chi connectivity index (χ0) is 11.1. The number of halogens is 1. The second kappa shape index (κ2) is 3.63. The van der Waals surface area contributed by atoms with Gasteiger partial charge in [0.1, 0.15) is 0 Å². The monoisotopic (exact) mass is 268 g/mol. The van der Waals surface area contributed by atoms with Gasteiger partial charge in [0, 0.05) is 4.47 Å². The normalized spacial score (nSPS) is 19.6. The maximum atomic E-state index is 11.4. The molecule has 0 radical (unpaired) electrons. The van der Waals surface area contributed by atoms with Crippen LogP contribution in [0.2, 0.25) is 0 Å². The van der Waals surface area contributed by atoms with Crippen molar-refractivity contribution in [3.05, 3.63) is 34.3 Å². The molecule has 0 amide bonds. The lowest BCUT2D eigenvalue weighted by atomic mass is 9.78. The first-order valence-corrected chi connectivity index (χ1v) is 5.84. The highest BCUT2D eigenvalue weighted by molar-refractivity contribution is 9.10. The number of aliphatic carboxylic acids is 1. The number of rotatable bonds is 3. The molecular formula is C12H13BrO2. The van der Waals surface area contributed by atoms with E-state index in [1.807, 2.05) is 31.2 Å². The highest BCUT2D eigenvalue weighted by Crippen LogP contribution is 2.47. The van der Waals surface area contributed by atoms with Crippen LogP contribution in [0.25, 0.3) is 0 Å². The minimum Gasteiger partial charge on any atom is -0.481 e. The van der Waals surface area contributed by atoms with E-state index in [0.717, 1.165) is 22.9 Å². The molecule has 0 unspecified atom stereocenters. The van der Waals surface area contributed by atoms with Crippen molar-refractivity contribution in [1.82, 2.24) is 0 Å². The Bertz CT molecular complexity index is 381. The van der Waals surface area contributed by atoms with E-state index in [-0.39, 0.29) is 0 Å². The van der Waals surface area contributed by atoms with E-state index in [4.69, 9.17) is 0 Å². The summed E-state index contributed by atoms with van der Waals surface area (Å²) >= 11 is 3.35. The molecule has 2 rings (SSSR count). The average Bonchev–Trinajstić information content (AvgIpc) is 3.00. The predicted octanol–water partition coefficient (Wildman–Crippen LogP) is 3.20. The third-order valence-electron chi connectivity index (χ3n) is 3.28. The van der Waals surface area contributed by atoms with Crippen LogP contribution in [0.3, 0.4) is 0 Å². The molecule has 0 spiro atoms. The summed E-state index contributed by atoms with van der Waals surface area (Å²) in [7, 11) is 0. The predicted molar refractivity (Wildman–Crippen MR) is 61.9 cm³/mol.